The Hall–Kier alpha value is 0.310. The Morgan fingerprint density at radius 2 is 1.92 bits per heavy atom. The van der Waals surface area contributed by atoms with Crippen molar-refractivity contribution in [2.24, 2.45) is 11.1 Å². The van der Waals surface area contributed by atoms with Crippen LogP contribution in [0.3, 0.4) is 0 Å². The molecule has 0 aliphatic carbocycles. The molecular formula is C10H23NS. The summed E-state index contributed by atoms with van der Waals surface area (Å²) in [5.41, 5.74) is 5.99. The fourth-order valence-corrected chi connectivity index (χ4v) is 1.84. The Morgan fingerprint density at radius 3 is 2.42 bits per heavy atom. The minimum absolute atomic E-state index is 0.354. The van der Waals surface area contributed by atoms with Crippen molar-refractivity contribution in [1.82, 2.24) is 0 Å². The van der Waals surface area contributed by atoms with Crippen molar-refractivity contribution in [2.75, 3.05) is 18.1 Å². The maximum atomic E-state index is 5.64. The van der Waals surface area contributed by atoms with Gasteiger partial charge in [-0.15, -0.1) is 0 Å². The van der Waals surface area contributed by atoms with Crippen LogP contribution in [-0.4, -0.2) is 18.1 Å². The van der Waals surface area contributed by atoms with Gasteiger partial charge in [0.05, 0.1) is 0 Å². The van der Waals surface area contributed by atoms with Gasteiger partial charge in [0.1, 0.15) is 0 Å². The smallest absolute Gasteiger partial charge is 0.00258 e. The third kappa shape index (κ3) is 6.99. The van der Waals surface area contributed by atoms with Crippen LogP contribution in [0.15, 0.2) is 0 Å². The van der Waals surface area contributed by atoms with Crippen LogP contribution in [-0.2, 0) is 0 Å². The van der Waals surface area contributed by atoms with Crippen LogP contribution in [0.25, 0.3) is 0 Å². The van der Waals surface area contributed by atoms with Crippen LogP contribution in [0.2, 0.25) is 0 Å². The van der Waals surface area contributed by atoms with Gasteiger partial charge in [0, 0.05) is 0 Å². The SMILES string of the molecule is CCCSCCCC(C)(C)CN. The Kier molecular flexibility index (Phi) is 6.96. The van der Waals surface area contributed by atoms with Crippen molar-refractivity contribution in [3.8, 4) is 0 Å². The zero-order valence-corrected chi connectivity index (χ0v) is 9.54. The molecule has 0 unspecified atom stereocenters. The van der Waals surface area contributed by atoms with Gasteiger partial charge in [-0.05, 0) is 42.7 Å². The summed E-state index contributed by atoms with van der Waals surface area (Å²) < 4.78 is 0. The van der Waals surface area contributed by atoms with Gasteiger partial charge in [0.25, 0.3) is 0 Å². The summed E-state index contributed by atoms with van der Waals surface area (Å²) in [5.74, 6) is 2.61. The zero-order chi connectivity index (χ0) is 9.45. The van der Waals surface area contributed by atoms with E-state index in [-0.39, 0.29) is 0 Å². The lowest BCUT2D eigenvalue weighted by Gasteiger charge is -2.21. The number of rotatable bonds is 7. The van der Waals surface area contributed by atoms with E-state index < -0.39 is 0 Å². The zero-order valence-electron chi connectivity index (χ0n) is 8.73. The molecule has 0 atom stereocenters. The number of thioether (sulfide) groups is 1. The van der Waals surface area contributed by atoms with E-state index in [1.165, 1.54) is 30.8 Å². The number of hydrogen-bond donors (Lipinski definition) is 1. The van der Waals surface area contributed by atoms with Crippen molar-refractivity contribution >= 4 is 11.8 Å². The second-order valence-corrected chi connectivity index (χ2v) is 5.31. The molecule has 0 aliphatic heterocycles. The molecule has 0 aromatic rings. The van der Waals surface area contributed by atoms with Crippen LogP contribution in [0.1, 0.15) is 40.0 Å². The third-order valence-corrected chi connectivity index (χ3v) is 3.32. The standard InChI is InChI=1S/C10H23NS/c1-4-7-12-8-5-6-10(2,3)9-11/h4-9,11H2,1-3H3. The molecule has 0 saturated carbocycles. The van der Waals surface area contributed by atoms with Crippen LogP contribution >= 0.6 is 11.8 Å². The molecule has 1 nitrogen and oxygen atoms in total. The molecule has 0 fully saturated rings. The highest BCUT2D eigenvalue weighted by Crippen LogP contribution is 2.21. The number of nitrogens with two attached hydrogens (primary N) is 1. The monoisotopic (exact) mass is 189 g/mol. The first kappa shape index (κ1) is 12.3. The molecule has 12 heavy (non-hydrogen) atoms. The van der Waals surface area contributed by atoms with Crippen molar-refractivity contribution in [3.05, 3.63) is 0 Å². The van der Waals surface area contributed by atoms with Crippen LogP contribution < -0.4 is 5.73 Å². The topological polar surface area (TPSA) is 26.0 Å². The summed E-state index contributed by atoms with van der Waals surface area (Å²) in [6.07, 6.45) is 3.88. The summed E-state index contributed by atoms with van der Waals surface area (Å²) in [7, 11) is 0. The van der Waals surface area contributed by atoms with Gasteiger partial charge in [-0.2, -0.15) is 11.8 Å². The highest BCUT2D eigenvalue weighted by molar-refractivity contribution is 7.99. The van der Waals surface area contributed by atoms with E-state index >= 15 is 0 Å². The van der Waals surface area contributed by atoms with E-state index in [9.17, 15) is 0 Å². The van der Waals surface area contributed by atoms with Gasteiger partial charge in [-0.25, -0.2) is 0 Å². The molecule has 0 radical (unpaired) electrons. The summed E-state index contributed by atoms with van der Waals surface area (Å²) >= 11 is 2.06. The average Bonchev–Trinajstić information content (AvgIpc) is 2.04. The first-order valence-corrected chi connectivity index (χ1v) is 6.05. The molecule has 0 amide bonds. The quantitative estimate of drug-likeness (QED) is 0.623. The maximum Gasteiger partial charge on any atom is -0.00258 e. The first-order chi connectivity index (χ1) is 5.62. The van der Waals surface area contributed by atoms with Crippen LogP contribution in [0, 0.1) is 5.41 Å². The molecule has 74 valence electrons. The first-order valence-electron chi connectivity index (χ1n) is 4.90. The highest BCUT2D eigenvalue weighted by atomic mass is 32.2. The molecule has 0 aliphatic rings. The van der Waals surface area contributed by atoms with E-state index in [0.717, 1.165) is 6.54 Å². The summed E-state index contributed by atoms with van der Waals surface area (Å²) in [6.45, 7) is 7.54. The van der Waals surface area contributed by atoms with Gasteiger partial charge in [-0.3, -0.25) is 0 Å². The fourth-order valence-electron chi connectivity index (χ4n) is 1.00. The van der Waals surface area contributed by atoms with Gasteiger partial charge in [0.2, 0.25) is 0 Å². The predicted octanol–water partition coefficient (Wildman–Crippen LogP) is 2.89. The predicted molar refractivity (Wildman–Crippen MR) is 59.7 cm³/mol. The van der Waals surface area contributed by atoms with E-state index in [1.54, 1.807) is 0 Å². The Balaban J connectivity index is 3.19. The number of hydrogen-bond acceptors (Lipinski definition) is 2. The van der Waals surface area contributed by atoms with Crippen LogP contribution in [0.5, 0.6) is 0 Å². The Labute approximate surface area is 81.5 Å². The lowest BCUT2D eigenvalue weighted by atomic mass is 9.88. The maximum absolute atomic E-state index is 5.64. The highest BCUT2D eigenvalue weighted by Gasteiger charge is 2.13. The van der Waals surface area contributed by atoms with E-state index in [0.29, 0.717) is 5.41 Å². The minimum Gasteiger partial charge on any atom is -0.330 e. The molecule has 0 rings (SSSR count). The van der Waals surface area contributed by atoms with Gasteiger partial charge >= 0.3 is 0 Å². The van der Waals surface area contributed by atoms with E-state index in [1.807, 2.05) is 0 Å². The van der Waals surface area contributed by atoms with Gasteiger partial charge in [-0.1, -0.05) is 20.8 Å². The Morgan fingerprint density at radius 1 is 1.25 bits per heavy atom. The van der Waals surface area contributed by atoms with E-state index in [2.05, 4.69) is 32.5 Å². The summed E-state index contributed by atoms with van der Waals surface area (Å²) in [4.78, 5) is 0. The second kappa shape index (κ2) is 6.79. The minimum atomic E-state index is 0.354. The van der Waals surface area contributed by atoms with Gasteiger partial charge < -0.3 is 5.73 Å². The average molecular weight is 189 g/mol. The normalized spacial score (nSPS) is 12.0. The molecule has 0 aromatic heterocycles. The molecule has 0 saturated heterocycles. The molecule has 2 N–H and O–H groups in total. The molecule has 0 aromatic carbocycles. The van der Waals surface area contributed by atoms with Gasteiger partial charge in [0.15, 0.2) is 0 Å². The molecular weight excluding hydrogens is 166 g/mol. The van der Waals surface area contributed by atoms with Crippen LogP contribution in [0.4, 0.5) is 0 Å². The molecule has 0 heterocycles. The second-order valence-electron chi connectivity index (χ2n) is 4.08. The molecule has 0 spiro atoms. The Bertz CT molecular complexity index is 102. The fraction of sp³-hybridized carbons (Fsp3) is 1.00. The largest absolute Gasteiger partial charge is 0.330 e. The summed E-state index contributed by atoms with van der Waals surface area (Å²) in [5, 5.41) is 0. The lowest BCUT2D eigenvalue weighted by Crippen LogP contribution is -2.23. The van der Waals surface area contributed by atoms with Crippen molar-refractivity contribution in [2.45, 2.75) is 40.0 Å². The molecule has 0 bridgehead atoms. The van der Waals surface area contributed by atoms with Crippen molar-refractivity contribution in [1.29, 1.82) is 0 Å². The third-order valence-electron chi connectivity index (χ3n) is 2.04. The lowest BCUT2D eigenvalue weighted by molar-refractivity contribution is 0.345. The van der Waals surface area contributed by atoms with Crippen molar-refractivity contribution < 1.29 is 0 Å². The van der Waals surface area contributed by atoms with Crippen molar-refractivity contribution in [3.63, 3.8) is 0 Å². The summed E-state index contributed by atoms with van der Waals surface area (Å²) in [6, 6.07) is 0. The molecule has 2 heteroatoms. The van der Waals surface area contributed by atoms with E-state index in [4.69, 9.17) is 5.73 Å².